The van der Waals surface area contributed by atoms with Crippen molar-refractivity contribution in [3.05, 3.63) is 35.4 Å². The van der Waals surface area contributed by atoms with E-state index in [9.17, 15) is 9.90 Å². The summed E-state index contributed by atoms with van der Waals surface area (Å²) >= 11 is 1.74. The predicted molar refractivity (Wildman–Crippen MR) is 64.3 cm³/mol. The van der Waals surface area contributed by atoms with Crippen molar-refractivity contribution in [1.82, 2.24) is 0 Å². The normalized spacial score (nSPS) is 11.5. The van der Waals surface area contributed by atoms with Gasteiger partial charge in [0, 0.05) is 11.3 Å². The van der Waals surface area contributed by atoms with Crippen molar-refractivity contribution in [2.45, 2.75) is 25.2 Å². The Hall–Kier alpha value is -0.800. The molecule has 0 bridgehead atoms. The van der Waals surface area contributed by atoms with Crippen LogP contribution in [0, 0.1) is 0 Å². The molecule has 0 fully saturated rings. The second kappa shape index (κ2) is 4.81. The van der Waals surface area contributed by atoms with E-state index < -0.39 is 5.60 Å². The maximum Gasteiger partial charge on any atom is 0.193 e. The second-order valence-electron chi connectivity index (χ2n) is 4.02. The van der Waals surface area contributed by atoms with Crippen molar-refractivity contribution in [3.63, 3.8) is 0 Å². The lowest BCUT2D eigenvalue weighted by molar-refractivity contribution is 0.0488. The van der Waals surface area contributed by atoms with Crippen LogP contribution in [0.5, 0.6) is 0 Å². The Kier molecular flexibility index (Phi) is 3.94. The van der Waals surface area contributed by atoms with Crippen molar-refractivity contribution >= 4 is 17.5 Å². The van der Waals surface area contributed by atoms with Crippen LogP contribution < -0.4 is 0 Å². The molecule has 0 spiro atoms. The van der Waals surface area contributed by atoms with Crippen molar-refractivity contribution in [3.8, 4) is 0 Å². The first-order valence-electron chi connectivity index (χ1n) is 4.80. The first-order valence-corrected chi connectivity index (χ1v) is 6.19. The molecule has 0 aliphatic heterocycles. The number of thioether (sulfide) groups is 1. The summed E-state index contributed by atoms with van der Waals surface area (Å²) < 4.78 is 0. The minimum Gasteiger partial charge on any atom is -0.382 e. The minimum atomic E-state index is -1.29. The molecule has 0 saturated heterocycles. The minimum absolute atomic E-state index is 0.238. The first-order chi connectivity index (χ1) is 6.95. The Morgan fingerprint density at radius 3 is 2.27 bits per heavy atom. The van der Waals surface area contributed by atoms with Crippen LogP contribution in [-0.2, 0) is 5.75 Å². The van der Waals surface area contributed by atoms with Crippen LogP contribution in [0.25, 0.3) is 0 Å². The van der Waals surface area contributed by atoms with Gasteiger partial charge in [0.2, 0.25) is 0 Å². The van der Waals surface area contributed by atoms with Crippen LogP contribution in [0.4, 0.5) is 0 Å². The predicted octanol–water partition coefficient (Wildman–Crippen LogP) is 2.50. The van der Waals surface area contributed by atoms with Gasteiger partial charge in [0.1, 0.15) is 5.60 Å². The molecule has 0 unspecified atom stereocenters. The lowest BCUT2D eigenvalue weighted by Gasteiger charge is -2.15. The number of Topliss-reactive ketones (excluding diaryl/α,β-unsaturated/α-hetero) is 1. The van der Waals surface area contributed by atoms with Gasteiger partial charge in [0.05, 0.1) is 0 Å². The van der Waals surface area contributed by atoms with E-state index in [1.807, 2.05) is 18.4 Å². The van der Waals surface area contributed by atoms with Crippen LogP contribution in [-0.4, -0.2) is 22.7 Å². The molecule has 0 radical (unpaired) electrons. The van der Waals surface area contributed by atoms with Crippen molar-refractivity contribution in [1.29, 1.82) is 0 Å². The lowest BCUT2D eigenvalue weighted by atomic mass is 9.96. The first kappa shape index (κ1) is 12.3. The van der Waals surface area contributed by atoms with Gasteiger partial charge in [-0.1, -0.05) is 24.3 Å². The van der Waals surface area contributed by atoms with Crippen molar-refractivity contribution in [2.75, 3.05) is 6.26 Å². The zero-order valence-electron chi connectivity index (χ0n) is 9.28. The zero-order valence-corrected chi connectivity index (χ0v) is 10.1. The van der Waals surface area contributed by atoms with Gasteiger partial charge in [-0.25, -0.2) is 0 Å². The third kappa shape index (κ3) is 3.36. The van der Waals surface area contributed by atoms with Gasteiger partial charge >= 0.3 is 0 Å². The van der Waals surface area contributed by atoms with E-state index in [-0.39, 0.29) is 5.78 Å². The van der Waals surface area contributed by atoms with Crippen LogP contribution >= 0.6 is 11.8 Å². The molecule has 0 amide bonds. The second-order valence-corrected chi connectivity index (χ2v) is 4.88. The summed E-state index contributed by atoms with van der Waals surface area (Å²) in [6, 6.07) is 7.39. The highest BCUT2D eigenvalue weighted by atomic mass is 32.2. The molecule has 15 heavy (non-hydrogen) atoms. The van der Waals surface area contributed by atoms with E-state index >= 15 is 0 Å². The molecule has 1 rings (SSSR count). The Labute approximate surface area is 94.7 Å². The Morgan fingerprint density at radius 2 is 1.87 bits per heavy atom. The quantitative estimate of drug-likeness (QED) is 0.798. The molecular formula is C12H16O2S. The zero-order chi connectivity index (χ0) is 11.5. The summed E-state index contributed by atoms with van der Waals surface area (Å²) in [7, 11) is 0. The SMILES string of the molecule is CSCc1ccc(C(=O)C(C)(C)O)cc1. The van der Waals surface area contributed by atoms with Crippen LogP contribution in [0.15, 0.2) is 24.3 Å². The maximum absolute atomic E-state index is 11.7. The molecule has 0 aliphatic carbocycles. The number of hydrogen-bond donors (Lipinski definition) is 1. The van der Waals surface area contributed by atoms with E-state index in [1.165, 1.54) is 19.4 Å². The number of hydrogen-bond acceptors (Lipinski definition) is 3. The molecule has 0 heterocycles. The van der Waals surface area contributed by atoms with E-state index in [2.05, 4.69) is 0 Å². The van der Waals surface area contributed by atoms with Gasteiger partial charge in [-0.05, 0) is 25.7 Å². The van der Waals surface area contributed by atoms with Gasteiger partial charge in [-0.2, -0.15) is 11.8 Å². The number of benzene rings is 1. The number of rotatable bonds is 4. The average Bonchev–Trinajstić information content (AvgIpc) is 2.17. The molecule has 0 aliphatic rings. The molecule has 0 saturated carbocycles. The van der Waals surface area contributed by atoms with Crippen LogP contribution in [0.2, 0.25) is 0 Å². The van der Waals surface area contributed by atoms with Gasteiger partial charge in [-0.3, -0.25) is 4.79 Å². The summed E-state index contributed by atoms with van der Waals surface area (Å²) in [5.74, 6) is 0.704. The van der Waals surface area contributed by atoms with E-state index in [0.717, 1.165) is 5.75 Å². The van der Waals surface area contributed by atoms with E-state index in [0.29, 0.717) is 5.56 Å². The molecule has 1 aromatic carbocycles. The fourth-order valence-electron chi connectivity index (χ4n) is 1.27. The van der Waals surface area contributed by atoms with Gasteiger partial charge in [-0.15, -0.1) is 0 Å². The van der Waals surface area contributed by atoms with Crippen molar-refractivity contribution in [2.24, 2.45) is 0 Å². The molecule has 2 nitrogen and oxygen atoms in total. The smallest absolute Gasteiger partial charge is 0.193 e. The fourth-order valence-corrected chi connectivity index (χ4v) is 1.80. The monoisotopic (exact) mass is 224 g/mol. The lowest BCUT2D eigenvalue weighted by Crippen LogP contribution is -2.30. The van der Waals surface area contributed by atoms with Gasteiger partial charge in [0.25, 0.3) is 0 Å². The summed E-state index contributed by atoms with van der Waals surface area (Å²) in [5.41, 5.74) is 0.461. The van der Waals surface area contributed by atoms with Crippen LogP contribution in [0.3, 0.4) is 0 Å². The molecule has 0 atom stereocenters. The third-order valence-corrected chi connectivity index (χ3v) is 2.70. The molecule has 0 aromatic heterocycles. The fraction of sp³-hybridized carbons (Fsp3) is 0.417. The van der Waals surface area contributed by atoms with Gasteiger partial charge in [0.15, 0.2) is 5.78 Å². The Balaban J connectivity index is 2.85. The maximum atomic E-state index is 11.7. The van der Waals surface area contributed by atoms with E-state index in [1.54, 1.807) is 23.9 Å². The number of carbonyl (C=O) groups excluding carboxylic acids is 1. The third-order valence-electron chi connectivity index (χ3n) is 2.08. The Bertz CT molecular complexity index is 336. The Morgan fingerprint density at radius 1 is 1.33 bits per heavy atom. The highest BCUT2D eigenvalue weighted by molar-refractivity contribution is 7.97. The largest absolute Gasteiger partial charge is 0.382 e. The highest BCUT2D eigenvalue weighted by Crippen LogP contribution is 2.15. The highest BCUT2D eigenvalue weighted by Gasteiger charge is 2.24. The molecule has 1 N–H and O–H groups in total. The number of ketones is 1. The summed E-state index contributed by atoms with van der Waals surface area (Å²) in [5, 5.41) is 9.56. The standard InChI is InChI=1S/C12H16O2S/c1-12(2,14)11(13)10-6-4-9(5-7-10)8-15-3/h4-7,14H,8H2,1-3H3. The number of carbonyl (C=O) groups is 1. The topological polar surface area (TPSA) is 37.3 Å². The molecule has 1 aromatic rings. The van der Waals surface area contributed by atoms with Crippen LogP contribution in [0.1, 0.15) is 29.8 Å². The van der Waals surface area contributed by atoms with E-state index in [4.69, 9.17) is 0 Å². The molecule has 3 heteroatoms. The summed E-state index contributed by atoms with van der Waals surface area (Å²) in [4.78, 5) is 11.7. The van der Waals surface area contributed by atoms with Gasteiger partial charge < -0.3 is 5.11 Å². The summed E-state index contributed by atoms with van der Waals surface area (Å²) in [6.45, 7) is 3.01. The average molecular weight is 224 g/mol. The van der Waals surface area contributed by atoms with Crippen molar-refractivity contribution < 1.29 is 9.90 Å². The summed E-state index contributed by atoms with van der Waals surface area (Å²) in [6.07, 6.45) is 2.04. The molecule has 82 valence electrons. The molecular weight excluding hydrogens is 208 g/mol. The number of aliphatic hydroxyl groups is 1.